The standard InChI is InChI=1S/C37H38Cl2FN3O4S/c1-26-16-19-31(20-17-26)48(46,47)43(34-23-29(38)18-21-32(34)39)25-36(44)42(24-28-12-8-9-15-33(28)40)35(22-27-10-4-2-5-11-27)37(45)41-30-13-6-3-7-14-30/h2,4-5,8-12,15-21,23,30,35H,3,6-7,13-14,22,24-25H2,1H3,(H,41,45). The highest BCUT2D eigenvalue weighted by Gasteiger charge is 2.36. The van der Waals surface area contributed by atoms with Crippen molar-refractivity contribution in [2.24, 2.45) is 0 Å². The number of anilines is 1. The van der Waals surface area contributed by atoms with E-state index in [-0.39, 0.29) is 51.1 Å². The van der Waals surface area contributed by atoms with Crippen LogP contribution < -0.4 is 9.62 Å². The number of hydrogen-bond acceptors (Lipinski definition) is 4. The van der Waals surface area contributed by atoms with Crippen molar-refractivity contribution >= 4 is 50.7 Å². The molecule has 11 heteroatoms. The SMILES string of the molecule is Cc1ccc(S(=O)(=O)N(CC(=O)N(Cc2ccccc2F)C(Cc2ccccc2)C(=O)NC2CCCCC2)c2cc(Cl)ccc2Cl)cc1. The maximum absolute atomic E-state index is 15.2. The molecule has 4 aromatic carbocycles. The van der Waals surface area contributed by atoms with Crippen molar-refractivity contribution in [2.75, 3.05) is 10.8 Å². The molecule has 0 aromatic heterocycles. The third-order valence-corrected chi connectivity index (χ3v) is 10.9. The minimum atomic E-state index is -4.38. The summed E-state index contributed by atoms with van der Waals surface area (Å²) in [5.41, 5.74) is 1.81. The second-order valence-corrected chi connectivity index (χ2v) is 14.8. The van der Waals surface area contributed by atoms with Crippen molar-refractivity contribution in [3.05, 3.63) is 130 Å². The summed E-state index contributed by atoms with van der Waals surface area (Å²) >= 11 is 12.9. The molecule has 252 valence electrons. The van der Waals surface area contributed by atoms with Crippen LogP contribution in [0.25, 0.3) is 0 Å². The van der Waals surface area contributed by atoms with E-state index in [2.05, 4.69) is 5.32 Å². The van der Waals surface area contributed by atoms with E-state index in [1.807, 2.05) is 37.3 Å². The van der Waals surface area contributed by atoms with Crippen LogP contribution in [-0.4, -0.2) is 43.8 Å². The van der Waals surface area contributed by atoms with Crippen molar-refractivity contribution < 1.29 is 22.4 Å². The van der Waals surface area contributed by atoms with E-state index < -0.39 is 34.3 Å². The average molecular weight is 711 g/mol. The average Bonchev–Trinajstić information content (AvgIpc) is 3.08. The largest absolute Gasteiger partial charge is 0.352 e. The number of sulfonamides is 1. The number of halogens is 3. The fourth-order valence-electron chi connectivity index (χ4n) is 5.94. The van der Waals surface area contributed by atoms with E-state index in [4.69, 9.17) is 23.2 Å². The van der Waals surface area contributed by atoms with Crippen LogP contribution in [-0.2, 0) is 32.6 Å². The molecule has 1 atom stereocenters. The van der Waals surface area contributed by atoms with Crippen LogP contribution in [0.1, 0.15) is 48.8 Å². The molecule has 0 heterocycles. The molecule has 1 saturated carbocycles. The number of nitrogens with zero attached hydrogens (tertiary/aromatic N) is 2. The Labute approximate surface area is 291 Å². The first kappa shape index (κ1) is 35.4. The third kappa shape index (κ3) is 8.75. The van der Waals surface area contributed by atoms with Crippen LogP contribution in [0.2, 0.25) is 10.0 Å². The van der Waals surface area contributed by atoms with Gasteiger partial charge in [0, 0.05) is 29.6 Å². The lowest BCUT2D eigenvalue weighted by atomic mass is 9.94. The number of nitrogens with one attached hydrogen (secondary N) is 1. The van der Waals surface area contributed by atoms with Gasteiger partial charge in [0.2, 0.25) is 11.8 Å². The van der Waals surface area contributed by atoms with E-state index in [1.54, 1.807) is 30.3 Å². The Hall–Kier alpha value is -3.92. The topological polar surface area (TPSA) is 86.8 Å². The second-order valence-electron chi connectivity index (χ2n) is 12.1. The number of hydrogen-bond donors (Lipinski definition) is 1. The summed E-state index contributed by atoms with van der Waals surface area (Å²) in [6.45, 7) is 0.826. The summed E-state index contributed by atoms with van der Waals surface area (Å²) in [6, 6.07) is 24.7. The van der Waals surface area contributed by atoms with Crippen molar-refractivity contribution in [2.45, 2.75) is 69.0 Å². The minimum absolute atomic E-state index is 0.00444. The summed E-state index contributed by atoms with van der Waals surface area (Å²) in [7, 11) is -4.38. The van der Waals surface area contributed by atoms with Crippen molar-refractivity contribution in [1.29, 1.82) is 0 Å². The van der Waals surface area contributed by atoms with Gasteiger partial charge < -0.3 is 10.2 Å². The summed E-state index contributed by atoms with van der Waals surface area (Å²) in [5.74, 6) is -1.66. The summed E-state index contributed by atoms with van der Waals surface area (Å²) < 4.78 is 44.6. The van der Waals surface area contributed by atoms with Crippen LogP contribution >= 0.6 is 23.2 Å². The van der Waals surface area contributed by atoms with E-state index in [1.165, 1.54) is 41.3 Å². The molecule has 5 rings (SSSR count). The van der Waals surface area contributed by atoms with Gasteiger partial charge in [-0.1, -0.05) is 109 Å². The molecule has 0 spiro atoms. The van der Waals surface area contributed by atoms with E-state index in [9.17, 15) is 18.0 Å². The maximum atomic E-state index is 15.2. The van der Waals surface area contributed by atoms with Crippen LogP contribution in [0.5, 0.6) is 0 Å². The van der Waals surface area contributed by atoms with Crippen molar-refractivity contribution in [3.63, 3.8) is 0 Å². The predicted octanol–water partition coefficient (Wildman–Crippen LogP) is 7.73. The maximum Gasteiger partial charge on any atom is 0.264 e. The first-order valence-corrected chi connectivity index (χ1v) is 18.1. The van der Waals surface area contributed by atoms with E-state index >= 15 is 4.39 Å². The predicted molar refractivity (Wildman–Crippen MR) is 188 cm³/mol. The molecular weight excluding hydrogens is 672 g/mol. The number of amides is 2. The van der Waals surface area contributed by atoms with E-state index in [0.717, 1.165) is 47.5 Å². The van der Waals surface area contributed by atoms with Gasteiger partial charge in [-0.05, 0) is 61.7 Å². The van der Waals surface area contributed by atoms with Crippen LogP contribution in [0.15, 0.2) is 102 Å². The molecule has 1 N–H and O–H groups in total. The Kier molecular flexibility index (Phi) is 11.8. The lowest BCUT2D eigenvalue weighted by molar-refractivity contribution is -0.140. The summed E-state index contributed by atoms with van der Waals surface area (Å²) in [5, 5.41) is 3.41. The molecule has 1 aliphatic carbocycles. The molecule has 4 aromatic rings. The molecule has 0 aliphatic heterocycles. The quantitative estimate of drug-likeness (QED) is 0.163. The van der Waals surface area contributed by atoms with Gasteiger partial charge in [-0.2, -0.15) is 0 Å². The molecule has 0 saturated heterocycles. The summed E-state index contributed by atoms with van der Waals surface area (Å²) in [4.78, 5) is 30.0. The smallest absolute Gasteiger partial charge is 0.264 e. The molecule has 1 unspecified atom stereocenters. The van der Waals surface area contributed by atoms with Crippen LogP contribution in [0.4, 0.5) is 10.1 Å². The van der Waals surface area contributed by atoms with Gasteiger partial charge in [0.1, 0.15) is 18.4 Å². The normalized spacial score (nSPS) is 14.2. The molecule has 48 heavy (non-hydrogen) atoms. The van der Waals surface area contributed by atoms with Gasteiger partial charge in [-0.15, -0.1) is 0 Å². The van der Waals surface area contributed by atoms with Crippen molar-refractivity contribution in [3.8, 4) is 0 Å². The first-order chi connectivity index (χ1) is 23.0. The Morgan fingerprint density at radius 1 is 0.896 bits per heavy atom. The first-order valence-electron chi connectivity index (χ1n) is 15.9. The highest BCUT2D eigenvalue weighted by Crippen LogP contribution is 2.33. The van der Waals surface area contributed by atoms with Gasteiger partial charge in [-0.25, -0.2) is 12.8 Å². The van der Waals surface area contributed by atoms with Crippen molar-refractivity contribution in [1.82, 2.24) is 10.2 Å². The zero-order chi connectivity index (χ0) is 34.3. The number of rotatable bonds is 12. The highest BCUT2D eigenvalue weighted by atomic mass is 35.5. The minimum Gasteiger partial charge on any atom is -0.352 e. The molecule has 7 nitrogen and oxygen atoms in total. The number of aryl methyl sites for hydroxylation is 1. The van der Waals surface area contributed by atoms with Gasteiger partial charge in [0.15, 0.2) is 0 Å². The Morgan fingerprint density at radius 2 is 1.56 bits per heavy atom. The van der Waals surface area contributed by atoms with Crippen LogP contribution in [0.3, 0.4) is 0 Å². The van der Waals surface area contributed by atoms with E-state index in [0.29, 0.717) is 0 Å². The Morgan fingerprint density at radius 3 is 2.25 bits per heavy atom. The molecule has 2 amide bonds. The highest BCUT2D eigenvalue weighted by molar-refractivity contribution is 7.92. The monoisotopic (exact) mass is 709 g/mol. The molecule has 0 radical (unpaired) electrons. The number of carbonyl (C=O) groups excluding carboxylic acids is 2. The van der Waals surface area contributed by atoms with Gasteiger partial charge >= 0.3 is 0 Å². The van der Waals surface area contributed by atoms with Gasteiger partial charge in [0.05, 0.1) is 15.6 Å². The van der Waals surface area contributed by atoms with Gasteiger partial charge in [-0.3, -0.25) is 13.9 Å². The lowest BCUT2D eigenvalue weighted by Crippen LogP contribution is -2.55. The van der Waals surface area contributed by atoms with Gasteiger partial charge in [0.25, 0.3) is 10.0 Å². The fourth-order valence-corrected chi connectivity index (χ4v) is 7.80. The molecule has 1 aliphatic rings. The molecule has 1 fully saturated rings. The lowest BCUT2D eigenvalue weighted by Gasteiger charge is -2.35. The number of benzene rings is 4. The van der Waals surface area contributed by atoms with Crippen LogP contribution in [0, 0.1) is 12.7 Å². The zero-order valence-electron chi connectivity index (χ0n) is 26.6. The Balaban J connectivity index is 1.59. The molecular formula is C37H38Cl2FN3O4S. The number of carbonyl (C=O) groups is 2. The summed E-state index contributed by atoms with van der Waals surface area (Å²) in [6.07, 6.45) is 4.83. The Bertz CT molecular complexity index is 1840. The molecule has 0 bridgehead atoms. The zero-order valence-corrected chi connectivity index (χ0v) is 28.9. The third-order valence-electron chi connectivity index (χ3n) is 8.59. The fraction of sp³-hybridized carbons (Fsp3) is 0.297. The second kappa shape index (κ2) is 16.0.